The Kier molecular flexibility index (Phi) is 5.63. The number of amides is 1. The normalized spacial score (nSPS) is 14.2. The fourth-order valence-corrected chi connectivity index (χ4v) is 3.22. The molecule has 1 aliphatic rings. The molecular formula is C23H24N4O3. The van der Waals surface area contributed by atoms with Crippen molar-refractivity contribution in [3.63, 3.8) is 0 Å². The van der Waals surface area contributed by atoms with Crippen molar-refractivity contribution < 1.29 is 9.90 Å². The number of carbonyl (C=O) groups is 1. The standard InChI is InChI=1S/C23H24N4O3/c1-15-7-8-17(22(29)26-18-9-10-18)13-19(15)27-12-11-24-21(23(27)30)25-14-20(28)16-5-3-2-4-6-16/h2-8,11-13,18,20,28H,9-10,14H2,1H3,(H,24,25)(H,26,29)/t20-/m0/s1. The van der Waals surface area contributed by atoms with Crippen LogP contribution in [0.2, 0.25) is 0 Å². The lowest BCUT2D eigenvalue weighted by Crippen LogP contribution is -2.27. The number of aliphatic hydroxyl groups is 1. The molecule has 7 nitrogen and oxygen atoms in total. The minimum absolute atomic E-state index is 0.134. The summed E-state index contributed by atoms with van der Waals surface area (Å²) in [4.78, 5) is 29.5. The van der Waals surface area contributed by atoms with Crippen molar-refractivity contribution in [3.8, 4) is 5.69 Å². The highest BCUT2D eigenvalue weighted by Gasteiger charge is 2.24. The molecule has 0 unspecified atom stereocenters. The minimum atomic E-state index is -0.766. The van der Waals surface area contributed by atoms with Gasteiger partial charge in [0.05, 0.1) is 11.8 Å². The molecular weight excluding hydrogens is 380 g/mol. The number of aromatic nitrogens is 2. The summed E-state index contributed by atoms with van der Waals surface area (Å²) < 4.78 is 1.47. The molecule has 1 atom stereocenters. The summed E-state index contributed by atoms with van der Waals surface area (Å²) in [5, 5.41) is 16.2. The van der Waals surface area contributed by atoms with Crippen LogP contribution in [0.5, 0.6) is 0 Å². The van der Waals surface area contributed by atoms with E-state index in [9.17, 15) is 14.7 Å². The second-order valence-corrected chi connectivity index (χ2v) is 7.51. The van der Waals surface area contributed by atoms with E-state index in [2.05, 4.69) is 15.6 Å². The van der Waals surface area contributed by atoms with Crippen molar-refractivity contribution in [2.45, 2.75) is 31.9 Å². The number of hydrogen-bond donors (Lipinski definition) is 3. The van der Waals surface area contributed by atoms with Gasteiger partial charge in [-0.2, -0.15) is 0 Å². The van der Waals surface area contributed by atoms with Crippen molar-refractivity contribution in [2.24, 2.45) is 0 Å². The minimum Gasteiger partial charge on any atom is -0.387 e. The maximum absolute atomic E-state index is 13.0. The molecule has 0 spiro atoms. The van der Waals surface area contributed by atoms with Gasteiger partial charge < -0.3 is 15.7 Å². The number of carbonyl (C=O) groups excluding carboxylic acids is 1. The van der Waals surface area contributed by atoms with Crippen LogP contribution in [0.15, 0.2) is 65.7 Å². The van der Waals surface area contributed by atoms with Crippen LogP contribution in [0, 0.1) is 6.92 Å². The van der Waals surface area contributed by atoms with Crippen LogP contribution < -0.4 is 16.2 Å². The topological polar surface area (TPSA) is 96.2 Å². The number of nitrogens with one attached hydrogen (secondary N) is 2. The van der Waals surface area contributed by atoms with Crippen LogP contribution in [0.3, 0.4) is 0 Å². The summed E-state index contributed by atoms with van der Waals surface area (Å²) in [5.74, 6) is 0.00454. The number of rotatable bonds is 7. The zero-order valence-electron chi connectivity index (χ0n) is 16.7. The highest BCUT2D eigenvalue weighted by Crippen LogP contribution is 2.21. The van der Waals surface area contributed by atoms with Crippen molar-refractivity contribution in [1.82, 2.24) is 14.9 Å². The van der Waals surface area contributed by atoms with E-state index in [0.717, 1.165) is 24.0 Å². The molecule has 3 aromatic rings. The zero-order valence-corrected chi connectivity index (χ0v) is 16.7. The van der Waals surface area contributed by atoms with Crippen molar-refractivity contribution in [3.05, 3.63) is 88.0 Å². The lowest BCUT2D eigenvalue weighted by Gasteiger charge is -2.15. The van der Waals surface area contributed by atoms with E-state index in [1.807, 2.05) is 43.3 Å². The van der Waals surface area contributed by atoms with Gasteiger partial charge >= 0.3 is 0 Å². The van der Waals surface area contributed by atoms with Crippen LogP contribution in [-0.4, -0.2) is 33.2 Å². The molecule has 0 aliphatic heterocycles. The van der Waals surface area contributed by atoms with Gasteiger partial charge in [0.15, 0.2) is 5.82 Å². The van der Waals surface area contributed by atoms with Crippen LogP contribution in [0.4, 0.5) is 5.82 Å². The average Bonchev–Trinajstić information content (AvgIpc) is 3.58. The third-order valence-electron chi connectivity index (χ3n) is 5.13. The molecule has 0 bridgehead atoms. The van der Waals surface area contributed by atoms with Crippen molar-refractivity contribution in [1.29, 1.82) is 0 Å². The maximum atomic E-state index is 13.0. The molecule has 4 rings (SSSR count). The van der Waals surface area contributed by atoms with E-state index >= 15 is 0 Å². The third-order valence-corrected chi connectivity index (χ3v) is 5.13. The van der Waals surface area contributed by atoms with Crippen molar-refractivity contribution in [2.75, 3.05) is 11.9 Å². The molecule has 0 radical (unpaired) electrons. The van der Waals surface area contributed by atoms with Gasteiger partial charge in [-0.05, 0) is 43.0 Å². The molecule has 1 saturated carbocycles. The summed E-state index contributed by atoms with van der Waals surface area (Å²) in [6.45, 7) is 2.04. The number of anilines is 1. The smallest absolute Gasteiger partial charge is 0.297 e. The SMILES string of the molecule is Cc1ccc(C(=O)NC2CC2)cc1-n1ccnc(NC[C@H](O)c2ccccc2)c1=O. The van der Waals surface area contributed by atoms with E-state index in [1.54, 1.807) is 18.3 Å². The summed E-state index contributed by atoms with van der Waals surface area (Å²) in [7, 11) is 0. The Morgan fingerprint density at radius 3 is 2.73 bits per heavy atom. The predicted octanol–water partition coefficient (Wildman–Crippen LogP) is 2.58. The van der Waals surface area contributed by atoms with Crippen LogP contribution in [0.25, 0.3) is 5.69 Å². The van der Waals surface area contributed by atoms with Gasteiger partial charge in [0.1, 0.15) is 0 Å². The molecule has 3 N–H and O–H groups in total. The Morgan fingerprint density at radius 1 is 1.23 bits per heavy atom. The fourth-order valence-electron chi connectivity index (χ4n) is 3.22. The van der Waals surface area contributed by atoms with Gasteiger partial charge in [-0.15, -0.1) is 0 Å². The summed E-state index contributed by atoms with van der Waals surface area (Å²) >= 11 is 0. The monoisotopic (exact) mass is 404 g/mol. The van der Waals surface area contributed by atoms with Crippen molar-refractivity contribution >= 4 is 11.7 Å². The molecule has 0 saturated heterocycles. The average molecular weight is 404 g/mol. The Bertz CT molecular complexity index is 1110. The van der Waals surface area contributed by atoms with E-state index in [4.69, 9.17) is 0 Å². The van der Waals surface area contributed by atoms with Gasteiger partial charge in [0, 0.05) is 30.5 Å². The van der Waals surface area contributed by atoms with Gasteiger partial charge in [-0.1, -0.05) is 36.4 Å². The van der Waals surface area contributed by atoms with Crippen LogP contribution >= 0.6 is 0 Å². The van der Waals surface area contributed by atoms with E-state index in [-0.39, 0.29) is 29.9 Å². The summed E-state index contributed by atoms with van der Waals surface area (Å²) in [6.07, 6.45) is 4.36. The first-order valence-corrected chi connectivity index (χ1v) is 9.99. The van der Waals surface area contributed by atoms with Gasteiger partial charge in [-0.3, -0.25) is 14.2 Å². The molecule has 1 heterocycles. The van der Waals surface area contributed by atoms with E-state index < -0.39 is 6.10 Å². The fraction of sp³-hybridized carbons (Fsp3) is 0.261. The lowest BCUT2D eigenvalue weighted by atomic mass is 10.1. The molecule has 2 aromatic carbocycles. The second kappa shape index (κ2) is 8.51. The second-order valence-electron chi connectivity index (χ2n) is 7.51. The van der Waals surface area contributed by atoms with E-state index in [0.29, 0.717) is 11.3 Å². The highest BCUT2D eigenvalue weighted by atomic mass is 16.3. The summed E-state index contributed by atoms with van der Waals surface area (Å²) in [5.41, 5.74) is 2.41. The largest absolute Gasteiger partial charge is 0.387 e. The first-order chi connectivity index (χ1) is 14.5. The Labute approximate surface area is 174 Å². The molecule has 1 fully saturated rings. The summed E-state index contributed by atoms with van der Waals surface area (Å²) in [6, 6.07) is 14.8. The first kappa shape index (κ1) is 19.8. The number of hydrogen-bond acceptors (Lipinski definition) is 5. The van der Waals surface area contributed by atoms with Crippen LogP contribution in [-0.2, 0) is 0 Å². The predicted molar refractivity (Wildman–Crippen MR) is 115 cm³/mol. The lowest BCUT2D eigenvalue weighted by molar-refractivity contribution is 0.0951. The maximum Gasteiger partial charge on any atom is 0.297 e. The van der Waals surface area contributed by atoms with Gasteiger partial charge in [0.25, 0.3) is 11.5 Å². The highest BCUT2D eigenvalue weighted by molar-refractivity contribution is 5.95. The molecule has 154 valence electrons. The first-order valence-electron chi connectivity index (χ1n) is 9.99. The van der Waals surface area contributed by atoms with Gasteiger partial charge in [-0.25, -0.2) is 4.98 Å². The number of aryl methyl sites for hydroxylation is 1. The Morgan fingerprint density at radius 2 is 2.00 bits per heavy atom. The molecule has 30 heavy (non-hydrogen) atoms. The quantitative estimate of drug-likeness (QED) is 0.563. The van der Waals surface area contributed by atoms with Crippen LogP contribution in [0.1, 0.15) is 40.4 Å². The Balaban J connectivity index is 1.56. The molecule has 1 amide bonds. The zero-order chi connectivity index (χ0) is 21.1. The Hall–Kier alpha value is -3.45. The number of aliphatic hydroxyl groups excluding tert-OH is 1. The molecule has 1 aliphatic carbocycles. The van der Waals surface area contributed by atoms with Gasteiger partial charge in [0.2, 0.25) is 0 Å². The third kappa shape index (κ3) is 4.41. The van der Waals surface area contributed by atoms with E-state index in [1.165, 1.54) is 10.8 Å². The molecule has 7 heteroatoms. The number of nitrogens with zero attached hydrogens (tertiary/aromatic N) is 2. The number of benzene rings is 2. The molecule has 1 aromatic heterocycles.